The van der Waals surface area contributed by atoms with Gasteiger partial charge in [0.2, 0.25) is 0 Å². The zero-order chi connectivity index (χ0) is 9.36. The maximum absolute atomic E-state index is 8.26. The molecule has 0 fully saturated rings. The topological polar surface area (TPSA) is 35.8 Å². The first-order chi connectivity index (χ1) is 6.43. The highest BCUT2D eigenvalue weighted by Crippen LogP contribution is 2.15. The van der Waals surface area contributed by atoms with Crippen molar-refractivity contribution in [2.24, 2.45) is 0 Å². The van der Waals surface area contributed by atoms with E-state index in [0.29, 0.717) is 6.54 Å². The molecule has 0 aliphatic rings. The van der Waals surface area contributed by atoms with Gasteiger partial charge in [-0.2, -0.15) is 5.26 Å². The lowest BCUT2D eigenvalue weighted by atomic mass is 10.4. The van der Waals surface area contributed by atoms with E-state index < -0.39 is 0 Å². The molecule has 0 amide bonds. The smallest absolute Gasteiger partial charge is 0.0841 e. The minimum Gasteiger partial charge on any atom is -0.304 e. The molecule has 68 valence electrons. The maximum atomic E-state index is 8.26. The van der Waals surface area contributed by atoms with Crippen LogP contribution in [0.4, 0.5) is 0 Å². The van der Waals surface area contributed by atoms with Gasteiger partial charge in [-0.25, -0.2) is 0 Å². The van der Waals surface area contributed by atoms with Gasteiger partial charge in [0.15, 0.2) is 0 Å². The molecule has 0 unspecified atom stereocenters. The van der Waals surface area contributed by atoms with Crippen LogP contribution in [0, 0.1) is 11.3 Å². The summed E-state index contributed by atoms with van der Waals surface area (Å²) in [5.74, 6) is 1.01. The van der Waals surface area contributed by atoms with Crippen molar-refractivity contribution in [3.63, 3.8) is 0 Å². The fourth-order valence-electron chi connectivity index (χ4n) is 0.902. The molecule has 0 saturated heterocycles. The maximum Gasteiger partial charge on any atom is 0.0841 e. The number of nitrogens with zero attached hydrogens (tertiary/aromatic N) is 1. The van der Waals surface area contributed by atoms with Gasteiger partial charge in [-0.15, -0.1) is 11.8 Å². The summed E-state index contributed by atoms with van der Waals surface area (Å²) in [5, 5.41) is 11.3. The molecule has 1 aromatic carbocycles. The van der Waals surface area contributed by atoms with E-state index in [1.54, 1.807) is 11.8 Å². The Hall–Kier alpha value is -0.980. The third-order valence-electron chi connectivity index (χ3n) is 1.49. The quantitative estimate of drug-likeness (QED) is 0.439. The lowest BCUT2D eigenvalue weighted by molar-refractivity contribution is 0.812. The fraction of sp³-hybridized carbons (Fsp3) is 0.300. The van der Waals surface area contributed by atoms with Crippen molar-refractivity contribution in [2.45, 2.75) is 4.90 Å². The molecule has 0 aliphatic heterocycles. The van der Waals surface area contributed by atoms with Crippen LogP contribution in [-0.2, 0) is 0 Å². The van der Waals surface area contributed by atoms with Gasteiger partial charge in [0.05, 0.1) is 12.6 Å². The average Bonchev–Trinajstić information content (AvgIpc) is 2.19. The summed E-state index contributed by atoms with van der Waals surface area (Å²) in [6.45, 7) is 1.32. The van der Waals surface area contributed by atoms with Gasteiger partial charge in [-0.1, -0.05) is 18.2 Å². The third kappa shape index (κ3) is 4.56. The van der Waals surface area contributed by atoms with Crippen molar-refractivity contribution >= 4 is 11.8 Å². The Morgan fingerprint density at radius 3 is 2.77 bits per heavy atom. The number of nitrogens with one attached hydrogen (secondary N) is 1. The molecule has 1 rings (SSSR count). The summed E-state index contributed by atoms with van der Waals surface area (Å²) in [4.78, 5) is 1.28. The largest absolute Gasteiger partial charge is 0.304 e. The molecular formula is C10H12N2S. The number of rotatable bonds is 5. The second kappa shape index (κ2) is 6.53. The Labute approximate surface area is 83.0 Å². The molecule has 0 saturated carbocycles. The molecule has 0 radical (unpaired) electrons. The van der Waals surface area contributed by atoms with Crippen LogP contribution >= 0.6 is 11.8 Å². The molecule has 0 aliphatic carbocycles. The molecule has 0 aromatic heterocycles. The zero-order valence-corrected chi connectivity index (χ0v) is 8.18. The Bertz CT molecular complexity index is 266. The van der Waals surface area contributed by atoms with Gasteiger partial charge < -0.3 is 5.32 Å². The first kappa shape index (κ1) is 10.1. The molecule has 3 heteroatoms. The zero-order valence-electron chi connectivity index (χ0n) is 7.36. The first-order valence-electron chi connectivity index (χ1n) is 4.19. The van der Waals surface area contributed by atoms with Crippen LogP contribution < -0.4 is 5.32 Å². The summed E-state index contributed by atoms with van der Waals surface area (Å²) in [6, 6.07) is 12.3. The molecule has 0 heterocycles. The summed E-state index contributed by atoms with van der Waals surface area (Å²) in [6.07, 6.45) is 0. The Balaban J connectivity index is 2.11. The molecule has 1 N–H and O–H groups in total. The Morgan fingerprint density at radius 1 is 1.31 bits per heavy atom. The highest BCUT2D eigenvalue weighted by molar-refractivity contribution is 7.99. The molecule has 0 bridgehead atoms. The van der Waals surface area contributed by atoms with Crippen LogP contribution in [-0.4, -0.2) is 18.8 Å². The van der Waals surface area contributed by atoms with Gasteiger partial charge >= 0.3 is 0 Å². The van der Waals surface area contributed by atoms with Gasteiger partial charge in [-0.05, 0) is 12.1 Å². The lowest BCUT2D eigenvalue weighted by Crippen LogP contribution is -2.16. The number of thioether (sulfide) groups is 1. The second-order valence-electron chi connectivity index (χ2n) is 2.50. The number of nitriles is 1. The molecule has 0 spiro atoms. The third-order valence-corrected chi connectivity index (χ3v) is 2.51. The first-order valence-corrected chi connectivity index (χ1v) is 5.17. The van der Waals surface area contributed by atoms with Crippen molar-refractivity contribution in [1.29, 1.82) is 5.26 Å². The van der Waals surface area contributed by atoms with E-state index >= 15 is 0 Å². The SMILES string of the molecule is N#CCNCCSc1ccccc1. The van der Waals surface area contributed by atoms with Gasteiger partial charge in [-0.3, -0.25) is 0 Å². The predicted molar refractivity (Wildman–Crippen MR) is 55.6 cm³/mol. The standard InChI is InChI=1S/C10H12N2S/c11-6-7-12-8-9-13-10-4-2-1-3-5-10/h1-5,12H,7-9H2. The molecule has 2 nitrogen and oxygen atoms in total. The van der Waals surface area contributed by atoms with Crippen molar-refractivity contribution in [2.75, 3.05) is 18.8 Å². The monoisotopic (exact) mass is 192 g/mol. The normalized spacial score (nSPS) is 9.46. The van der Waals surface area contributed by atoms with Crippen molar-refractivity contribution in [1.82, 2.24) is 5.32 Å². The van der Waals surface area contributed by atoms with Crippen LogP contribution in [0.1, 0.15) is 0 Å². The summed E-state index contributed by atoms with van der Waals surface area (Å²) in [7, 11) is 0. The van der Waals surface area contributed by atoms with E-state index in [-0.39, 0.29) is 0 Å². The van der Waals surface area contributed by atoms with Crippen LogP contribution in [0.5, 0.6) is 0 Å². The number of benzene rings is 1. The van der Waals surface area contributed by atoms with E-state index in [0.717, 1.165) is 12.3 Å². The van der Waals surface area contributed by atoms with E-state index in [1.165, 1.54) is 4.90 Å². The predicted octanol–water partition coefficient (Wildman–Crippen LogP) is 1.89. The fourth-order valence-corrected chi connectivity index (χ4v) is 1.73. The van der Waals surface area contributed by atoms with E-state index in [2.05, 4.69) is 17.4 Å². The lowest BCUT2D eigenvalue weighted by Gasteiger charge is -2.00. The molecule has 1 aromatic rings. The summed E-state index contributed by atoms with van der Waals surface area (Å²) < 4.78 is 0. The van der Waals surface area contributed by atoms with E-state index in [9.17, 15) is 0 Å². The highest BCUT2D eigenvalue weighted by atomic mass is 32.2. The van der Waals surface area contributed by atoms with Gasteiger partial charge in [0, 0.05) is 17.2 Å². The number of hydrogen-bond acceptors (Lipinski definition) is 3. The Kier molecular flexibility index (Phi) is 5.07. The van der Waals surface area contributed by atoms with Gasteiger partial charge in [0.1, 0.15) is 0 Å². The molecule has 13 heavy (non-hydrogen) atoms. The minimum atomic E-state index is 0.440. The van der Waals surface area contributed by atoms with Crippen molar-refractivity contribution in [3.8, 4) is 6.07 Å². The second-order valence-corrected chi connectivity index (χ2v) is 3.66. The summed E-state index contributed by atoms with van der Waals surface area (Å²) >= 11 is 1.80. The van der Waals surface area contributed by atoms with E-state index in [4.69, 9.17) is 5.26 Å². The summed E-state index contributed by atoms with van der Waals surface area (Å²) in [5.41, 5.74) is 0. The van der Waals surface area contributed by atoms with Crippen LogP contribution in [0.15, 0.2) is 35.2 Å². The van der Waals surface area contributed by atoms with Crippen molar-refractivity contribution < 1.29 is 0 Å². The Morgan fingerprint density at radius 2 is 2.08 bits per heavy atom. The highest BCUT2D eigenvalue weighted by Gasteiger charge is 1.90. The number of hydrogen-bond donors (Lipinski definition) is 1. The van der Waals surface area contributed by atoms with E-state index in [1.807, 2.05) is 24.3 Å². The molecular weight excluding hydrogens is 180 g/mol. The van der Waals surface area contributed by atoms with Crippen LogP contribution in [0.3, 0.4) is 0 Å². The van der Waals surface area contributed by atoms with Crippen LogP contribution in [0.25, 0.3) is 0 Å². The van der Waals surface area contributed by atoms with Gasteiger partial charge in [0.25, 0.3) is 0 Å². The van der Waals surface area contributed by atoms with Crippen LogP contribution in [0.2, 0.25) is 0 Å². The minimum absolute atomic E-state index is 0.440. The average molecular weight is 192 g/mol. The van der Waals surface area contributed by atoms with Crippen molar-refractivity contribution in [3.05, 3.63) is 30.3 Å². The molecule has 0 atom stereocenters.